The van der Waals surface area contributed by atoms with Gasteiger partial charge in [0.2, 0.25) is 0 Å². The average molecular weight is 361 g/mol. The molecule has 0 radical (unpaired) electrons. The first-order chi connectivity index (χ1) is 12.3. The van der Waals surface area contributed by atoms with Crippen molar-refractivity contribution in [3.8, 4) is 11.5 Å². The fraction of sp³-hybridized carbons (Fsp3) is 0.421. The molecule has 6 heteroatoms. The maximum absolute atomic E-state index is 10.3. The van der Waals surface area contributed by atoms with Crippen LogP contribution in [-0.4, -0.2) is 50.8 Å². The van der Waals surface area contributed by atoms with Crippen LogP contribution in [0.25, 0.3) is 0 Å². The van der Waals surface area contributed by atoms with Gasteiger partial charge in [-0.3, -0.25) is 4.99 Å². The van der Waals surface area contributed by atoms with E-state index in [1.54, 1.807) is 23.6 Å². The monoisotopic (exact) mass is 361 g/mol. The molecule has 134 valence electrons. The zero-order chi connectivity index (χ0) is 17.5. The summed E-state index contributed by atoms with van der Waals surface area (Å²) in [6.07, 6.45) is 1.75. The van der Waals surface area contributed by atoms with E-state index in [9.17, 15) is 5.11 Å². The van der Waals surface area contributed by atoms with Crippen molar-refractivity contribution in [1.82, 2.24) is 0 Å². The highest BCUT2D eigenvalue weighted by Gasteiger charge is 2.26. The summed E-state index contributed by atoms with van der Waals surface area (Å²) in [5.74, 6) is 0.652. The Bertz CT molecular complexity index is 682. The maximum Gasteiger partial charge on any atom is 0.166 e. The summed E-state index contributed by atoms with van der Waals surface area (Å²) in [4.78, 5) is 7.50. The lowest BCUT2D eigenvalue weighted by Gasteiger charge is -2.30. The fourth-order valence-electron chi connectivity index (χ4n) is 3.06. The highest BCUT2D eigenvalue weighted by atomic mass is 32.1. The smallest absolute Gasteiger partial charge is 0.166 e. The zero-order valence-corrected chi connectivity index (χ0v) is 15.3. The third-order valence-corrected chi connectivity index (χ3v) is 5.35. The summed E-state index contributed by atoms with van der Waals surface area (Å²) in [7, 11) is 0. The standard InChI is InChI=1S/C19H24N2O3S/c1-2-24-17-6-3-5-15(19(17)22)13-20-14-16(18-7-4-12-25-18)21-8-10-23-11-9-21/h3-7,12-13,16,22H,2,8-11,14H2,1H3/p+1/t16-/m1/s1. The van der Waals surface area contributed by atoms with E-state index in [2.05, 4.69) is 22.5 Å². The molecular weight excluding hydrogens is 336 g/mol. The van der Waals surface area contributed by atoms with Crippen molar-refractivity contribution in [1.29, 1.82) is 0 Å². The molecule has 2 N–H and O–H groups in total. The van der Waals surface area contributed by atoms with Crippen LogP contribution < -0.4 is 9.64 Å². The SMILES string of the molecule is CCOc1cccc(C=NC[C@H](c2cccs2)[NH+]2CCOCC2)c1O. The molecule has 0 amide bonds. The van der Waals surface area contributed by atoms with Crippen LogP contribution in [0.4, 0.5) is 0 Å². The van der Waals surface area contributed by atoms with Gasteiger partial charge in [-0.25, -0.2) is 0 Å². The van der Waals surface area contributed by atoms with Gasteiger partial charge in [-0.05, 0) is 30.5 Å². The van der Waals surface area contributed by atoms with Crippen molar-refractivity contribution >= 4 is 17.6 Å². The topological polar surface area (TPSA) is 55.5 Å². The van der Waals surface area contributed by atoms with Gasteiger partial charge < -0.3 is 19.5 Å². The quantitative estimate of drug-likeness (QED) is 0.741. The molecule has 1 aliphatic heterocycles. The van der Waals surface area contributed by atoms with Crippen LogP contribution in [0.2, 0.25) is 0 Å². The fourth-order valence-corrected chi connectivity index (χ4v) is 3.94. The number of thiophene rings is 1. The maximum atomic E-state index is 10.3. The van der Waals surface area contributed by atoms with Crippen LogP contribution in [0, 0.1) is 0 Å². The first kappa shape index (κ1) is 17.9. The number of rotatable bonds is 7. The molecule has 2 heterocycles. The van der Waals surface area contributed by atoms with Gasteiger partial charge in [-0.2, -0.15) is 0 Å². The summed E-state index contributed by atoms with van der Waals surface area (Å²) in [6, 6.07) is 10.1. The molecule has 1 fully saturated rings. The molecule has 1 atom stereocenters. The Labute approximate surface area is 152 Å². The minimum absolute atomic E-state index is 0.152. The number of hydrogen-bond donors (Lipinski definition) is 2. The zero-order valence-electron chi connectivity index (χ0n) is 14.5. The van der Waals surface area contributed by atoms with E-state index in [1.165, 1.54) is 9.78 Å². The first-order valence-electron chi connectivity index (χ1n) is 8.70. The summed E-state index contributed by atoms with van der Waals surface area (Å²) in [5.41, 5.74) is 0.688. The predicted molar refractivity (Wildman–Crippen MR) is 100 cm³/mol. The van der Waals surface area contributed by atoms with Crippen LogP contribution in [0.5, 0.6) is 11.5 Å². The molecule has 0 bridgehead atoms. The number of hydrogen-bond acceptors (Lipinski definition) is 5. The number of aliphatic imine (C=N–C) groups is 1. The van der Waals surface area contributed by atoms with Crippen molar-refractivity contribution in [3.05, 3.63) is 46.2 Å². The van der Waals surface area contributed by atoms with Gasteiger partial charge in [0.05, 0.1) is 31.2 Å². The van der Waals surface area contributed by atoms with E-state index >= 15 is 0 Å². The normalized spacial score (nSPS) is 17.0. The molecule has 5 nitrogen and oxygen atoms in total. The molecule has 25 heavy (non-hydrogen) atoms. The number of phenolic OH excluding ortho intramolecular Hbond substituents is 1. The summed E-state index contributed by atoms with van der Waals surface area (Å²) < 4.78 is 10.9. The lowest BCUT2D eigenvalue weighted by Crippen LogP contribution is -3.14. The summed E-state index contributed by atoms with van der Waals surface area (Å²) in [5, 5.41) is 12.4. The Hall–Kier alpha value is -1.89. The molecule has 0 unspecified atom stereocenters. The Morgan fingerprint density at radius 3 is 2.88 bits per heavy atom. The summed E-state index contributed by atoms with van der Waals surface area (Å²) in [6.45, 7) is 6.72. The Morgan fingerprint density at radius 2 is 2.16 bits per heavy atom. The molecule has 1 saturated heterocycles. The van der Waals surface area contributed by atoms with Crippen molar-refractivity contribution < 1.29 is 19.5 Å². The van der Waals surface area contributed by atoms with Crippen LogP contribution in [0.1, 0.15) is 23.4 Å². The lowest BCUT2D eigenvalue weighted by atomic mass is 10.1. The Balaban J connectivity index is 1.72. The van der Waals surface area contributed by atoms with E-state index in [0.717, 1.165) is 26.3 Å². The van der Waals surface area contributed by atoms with E-state index in [4.69, 9.17) is 9.47 Å². The number of quaternary nitrogens is 1. The number of morpholine rings is 1. The molecule has 3 rings (SSSR count). The van der Waals surface area contributed by atoms with Gasteiger partial charge in [-0.1, -0.05) is 12.1 Å². The number of nitrogens with zero attached hydrogens (tertiary/aromatic N) is 1. The second kappa shape index (κ2) is 8.99. The van der Waals surface area contributed by atoms with Crippen molar-refractivity contribution in [2.75, 3.05) is 39.5 Å². The number of aromatic hydroxyl groups is 1. The summed E-state index contributed by atoms with van der Waals surface area (Å²) >= 11 is 1.78. The van der Waals surface area contributed by atoms with Crippen LogP contribution in [0.15, 0.2) is 40.7 Å². The number of ether oxygens (including phenoxy) is 2. The second-order valence-electron chi connectivity index (χ2n) is 5.96. The molecule has 1 aromatic carbocycles. The van der Waals surface area contributed by atoms with Crippen LogP contribution in [-0.2, 0) is 4.74 Å². The Kier molecular flexibility index (Phi) is 6.44. The van der Waals surface area contributed by atoms with E-state index in [0.29, 0.717) is 30.5 Å². The van der Waals surface area contributed by atoms with E-state index in [-0.39, 0.29) is 5.75 Å². The Morgan fingerprint density at radius 1 is 1.32 bits per heavy atom. The third kappa shape index (κ3) is 4.60. The van der Waals surface area contributed by atoms with Crippen LogP contribution >= 0.6 is 11.3 Å². The highest BCUT2D eigenvalue weighted by molar-refractivity contribution is 7.10. The van der Waals surface area contributed by atoms with E-state index in [1.807, 2.05) is 19.1 Å². The van der Waals surface area contributed by atoms with Gasteiger partial charge in [0.25, 0.3) is 0 Å². The van der Waals surface area contributed by atoms with Gasteiger partial charge in [0.1, 0.15) is 19.1 Å². The molecule has 0 saturated carbocycles. The van der Waals surface area contributed by atoms with Gasteiger partial charge in [0.15, 0.2) is 11.5 Å². The average Bonchev–Trinajstić information content (AvgIpc) is 3.17. The third-order valence-electron chi connectivity index (χ3n) is 4.36. The predicted octanol–water partition coefficient (Wildman–Crippen LogP) is 1.93. The van der Waals surface area contributed by atoms with Crippen molar-refractivity contribution in [3.63, 3.8) is 0 Å². The van der Waals surface area contributed by atoms with Gasteiger partial charge in [0, 0.05) is 11.8 Å². The van der Waals surface area contributed by atoms with Gasteiger partial charge >= 0.3 is 0 Å². The van der Waals surface area contributed by atoms with Gasteiger partial charge in [-0.15, -0.1) is 11.3 Å². The van der Waals surface area contributed by atoms with Crippen molar-refractivity contribution in [2.45, 2.75) is 13.0 Å². The second-order valence-corrected chi connectivity index (χ2v) is 6.94. The molecule has 1 aliphatic rings. The lowest BCUT2D eigenvalue weighted by molar-refractivity contribution is -0.937. The number of benzene rings is 1. The number of nitrogens with one attached hydrogen (secondary N) is 1. The van der Waals surface area contributed by atoms with Crippen molar-refractivity contribution in [2.24, 2.45) is 4.99 Å². The first-order valence-corrected chi connectivity index (χ1v) is 9.58. The molecule has 2 aromatic rings. The molecular formula is C19H25N2O3S+. The largest absolute Gasteiger partial charge is 0.504 e. The van der Waals surface area contributed by atoms with Crippen LogP contribution in [0.3, 0.4) is 0 Å². The molecule has 1 aromatic heterocycles. The van der Waals surface area contributed by atoms with E-state index < -0.39 is 0 Å². The highest BCUT2D eigenvalue weighted by Crippen LogP contribution is 2.28. The molecule has 0 spiro atoms. The minimum atomic E-state index is 0.152. The number of phenols is 1. The minimum Gasteiger partial charge on any atom is -0.504 e. The molecule has 0 aliphatic carbocycles. The number of para-hydroxylation sites is 1.